The van der Waals surface area contributed by atoms with Gasteiger partial charge in [-0.15, -0.1) is 0 Å². The molecule has 1 saturated carbocycles. The minimum atomic E-state index is -3.83. The van der Waals surface area contributed by atoms with E-state index >= 15 is 0 Å². The smallest absolute Gasteiger partial charge is 0.267 e. The highest BCUT2D eigenvalue weighted by Gasteiger charge is 2.38. The molecule has 1 aliphatic rings. The molecule has 0 aliphatic heterocycles. The Bertz CT molecular complexity index is 1320. The number of fused-ring (bicyclic) bond motifs is 1. The van der Waals surface area contributed by atoms with Gasteiger partial charge in [0.2, 0.25) is 15.9 Å². The lowest BCUT2D eigenvalue weighted by atomic mass is 10.1. The molecule has 1 aromatic carbocycles. The van der Waals surface area contributed by atoms with Crippen molar-refractivity contribution in [2.24, 2.45) is 5.41 Å². The number of pyridine rings is 1. The summed E-state index contributed by atoms with van der Waals surface area (Å²) in [6.45, 7) is 4.36. The lowest BCUT2D eigenvalue weighted by Crippen LogP contribution is -2.30. The van der Waals surface area contributed by atoms with E-state index < -0.39 is 27.3 Å². The first kappa shape index (κ1) is 21.5. The van der Waals surface area contributed by atoms with Crippen molar-refractivity contribution in [3.63, 3.8) is 0 Å². The third-order valence-corrected chi connectivity index (χ3v) is 6.00. The minimum absolute atomic E-state index is 0.178. The van der Waals surface area contributed by atoms with E-state index in [4.69, 9.17) is 16.3 Å². The Balaban J connectivity index is 1.69. The molecule has 2 heterocycles. The van der Waals surface area contributed by atoms with Crippen molar-refractivity contribution < 1.29 is 22.3 Å². The summed E-state index contributed by atoms with van der Waals surface area (Å²) in [6.07, 6.45) is 4.55. The Morgan fingerprint density at radius 2 is 2.06 bits per heavy atom. The Morgan fingerprint density at radius 3 is 2.68 bits per heavy atom. The van der Waals surface area contributed by atoms with Crippen molar-refractivity contribution in [2.45, 2.75) is 26.7 Å². The predicted molar refractivity (Wildman–Crippen MR) is 114 cm³/mol. The van der Waals surface area contributed by atoms with Gasteiger partial charge in [-0.05, 0) is 31.9 Å². The number of hydrogen-bond acceptors (Lipinski definition) is 6. The number of halogens is 2. The summed E-state index contributed by atoms with van der Waals surface area (Å²) in [7, 11) is -3.83. The molecule has 2 aromatic heterocycles. The Labute approximate surface area is 183 Å². The molecule has 0 unspecified atom stereocenters. The molecule has 1 fully saturated rings. The monoisotopic (exact) mass is 466 g/mol. The standard InChI is InChI=1S/C20H20ClFN4O4S/c1-11-13-7-14(18(27)25-31(3,28)29)16(22)8-17(13)26(24-11)12-6-15(21)19(23-9-12)30-10-20(2)4-5-20/h6-9H,4-5,10H2,1-3H3,(H,25,27). The fraction of sp³-hybridized carbons (Fsp3) is 0.350. The molecule has 8 nitrogen and oxygen atoms in total. The molecule has 0 atom stereocenters. The zero-order valence-corrected chi connectivity index (χ0v) is 18.6. The van der Waals surface area contributed by atoms with Crippen LogP contribution in [0.25, 0.3) is 16.6 Å². The van der Waals surface area contributed by atoms with Crippen molar-refractivity contribution in [3.05, 3.63) is 46.5 Å². The van der Waals surface area contributed by atoms with E-state index in [9.17, 15) is 17.6 Å². The van der Waals surface area contributed by atoms with Crippen LogP contribution in [-0.4, -0.2) is 42.0 Å². The number of ether oxygens (including phenoxy) is 1. The molecule has 0 spiro atoms. The first-order chi connectivity index (χ1) is 14.5. The highest BCUT2D eigenvalue weighted by Crippen LogP contribution is 2.45. The quantitative estimate of drug-likeness (QED) is 0.597. The van der Waals surface area contributed by atoms with Crippen molar-refractivity contribution >= 4 is 38.4 Å². The van der Waals surface area contributed by atoms with Crippen LogP contribution in [0, 0.1) is 18.2 Å². The van der Waals surface area contributed by atoms with E-state index in [2.05, 4.69) is 17.0 Å². The number of nitrogens with zero attached hydrogens (tertiary/aromatic N) is 3. The Morgan fingerprint density at radius 1 is 1.35 bits per heavy atom. The highest BCUT2D eigenvalue weighted by atomic mass is 35.5. The van der Waals surface area contributed by atoms with Gasteiger partial charge in [0.1, 0.15) is 10.8 Å². The van der Waals surface area contributed by atoms with Crippen molar-refractivity contribution in [1.29, 1.82) is 0 Å². The van der Waals surface area contributed by atoms with Crippen LogP contribution < -0.4 is 9.46 Å². The largest absolute Gasteiger partial charge is 0.476 e. The summed E-state index contributed by atoms with van der Waals surface area (Å²) < 4.78 is 46.2. The fourth-order valence-corrected chi connectivity index (χ4v) is 3.78. The van der Waals surface area contributed by atoms with E-state index in [1.54, 1.807) is 17.7 Å². The summed E-state index contributed by atoms with van der Waals surface area (Å²) in [6, 6.07) is 4.01. The number of rotatable bonds is 6. The molecule has 31 heavy (non-hydrogen) atoms. The molecule has 1 aliphatic carbocycles. The zero-order valence-electron chi connectivity index (χ0n) is 17.1. The van der Waals surface area contributed by atoms with Gasteiger partial charge in [-0.2, -0.15) is 5.10 Å². The van der Waals surface area contributed by atoms with E-state index in [1.807, 2.05) is 0 Å². The number of nitrogens with one attached hydrogen (secondary N) is 1. The number of aryl methyl sites for hydroxylation is 1. The van der Waals surface area contributed by atoms with Gasteiger partial charge in [0.05, 0.1) is 41.5 Å². The normalized spacial score (nSPS) is 15.1. The van der Waals surface area contributed by atoms with Crippen LogP contribution in [0.3, 0.4) is 0 Å². The molecular formula is C20H20ClFN4O4S. The average molecular weight is 467 g/mol. The molecular weight excluding hydrogens is 447 g/mol. The Kier molecular flexibility index (Phi) is 5.17. The topological polar surface area (TPSA) is 103 Å². The van der Waals surface area contributed by atoms with Gasteiger partial charge in [0, 0.05) is 16.9 Å². The number of sulfonamides is 1. The maximum Gasteiger partial charge on any atom is 0.267 e. The third-order valence-electron chi connectivity index (χ3n) is 5.17. The van der Waals surface area contributed by atoms with E-state index in [-0.39, 0.29) is 5.41 Å². The SMILES string of the molecule is Cc1nn(-c2cnc(OCC3(C)CC3)c(Cl)c2)c2cc(F)c(C(=O)NS(C)(=O)=O)cc12. The number of aromatic nitrogens is 3. The number of carbonyl (C=O) groups is 1. The average Bonchev–Trinajstić information content (AvgIpc) is 3.32. The van der Waals surface area contributed by atoms with Crippen molar-refractivity contribution in [2.75, 3.05) is 12.9 Å². The van der Waals surface area contributed by atoms with Crippen LogP contribution in [0.5, 0.6) is 5.88 Å². The van der Waals surface area contributed by atoms with Gasteiger partial charge in [0.25, 0.3) is 5.91 Å². The first-order valence-corrected chi connectivity index (χ1v) is 11.7. The molecule has 1 N–H and O–H groups in total. The second-order valence-electron chi connectivity index (χ2n) is 8.13. The van der Waals surface area contributed by atoms with Crippen LogP contribution in [0.15, 0.2) is 24.4 Å². The van der Waals surface area contributed by atoms with Gasteiger partial charge in [0.15, 0.2) is 0 Å². The van der Waals surface area contributed by atoms with Gasteiger partial charge in [-0.25, -0.2) is 27.2 Å². The van der Waals surface area contributed by atoms with Gasteiger partial charge in [-0.3, -0.25) is 4.79 Å². The van der Waals surface area contributed by atoms with E-state index in [0.29, 0.717) is 39.8 Å². The van der Waals surface area contributed by atoms with Crippen LogP contribution in [0.2, 0.25) is 5.02 Å². The van der Waals surface area contributed by atoms with Crippen LogP contribution in [0.1, 0.15) is 35.8 Å². The molecule has 0 radical (unpaired) electrons. The van der Waals surface area contributed by atoms with Crippen molar-refractivity contribution in [1.82, 2.24) is 19.5 Å². The minimum Gasteiger partial charge on any atom is -0.476 e. The van der Waals surface area contributed by atoms with Crippen LogP contribution >= 0.6 is 11.6 Å². The van der Waals surface area contributed by atoms with Gasteiger partial charge < -0.3 is 4.74 Å². The summed E-state index contributed by atoms with van der Waals surface area (Å²) in [5, 5.41) is 5.19. The number of amides is 1. The molecule has 0 bridgehead atoms. The summed E-state index contributed by atoms with van der Waals surface area (Å²) in [5.74, 6) is -1.62. The maximum absolute atomic E-state index is 14.7. The summed E-state index contributed by atoms with van der Waals surface area (Å²) in [4.78, 5) is 16.4. The zero-order chi connectivity index (χ0) is 22.6. The summed E-state index contributed by atoms with van der Waals surface area (Å²) >= 11 is 6.33. The number of hydrogen-bond donors (Lipinski definition) is 1. The molecule has 4 rings (SSSR count). The van der Waals surface area contributed by atoms with Crippen LogP contribution in [-0.2, 0) is 10.0 Å². The molecule has 1 amide bonds. The molecule has 0 saturated heterocycles. The summed E-state index contributed by atoms with van der Waals surface area (Å²) in [5.41, 5.74) is 1.16. The second-order valence-corrected chi connectivity index (χ2v) is 10.3. The van der Waals surface area contributed by atoms with E-state index in [0.717, 1.165) is 25.2 Å². The van der Waals surface area contributed by atoms with Gasteiger partial charge >= 0.3 is 0 Å². The van der Waals surface area contributed by atoms with E-state index in [1.165, 1.54) is 16.9 Å². The highest BCUT2D eigenvalue weighted by molar-refractivity contribution is 7.89. The molecule has 164 valence electrons. The van der Waals surface area contributed by atoms with Crippen LogP contribution in [0.4, 0.5) is 4.39 Å². The molecule has 3 aromatic rings. The van der Waals surface area contributed by atoms with Gasteiger partial charge in [-0.1, -0.05) is 18.5 Å². The predicted octanol–water partition coefficient (Wildman–Crippen LogP) is 3.39. The first-order valence-electron chi connectivity index (χ1n) is 9.45. The third kappa shape index (κ3) is 4.49. The Hall–Kier alpha value is -2.72. The lowest BCUT2D eigenvalue weighted by molar-refractivity contribution is 0.0978. The number of benzene rings is 1. The maximum atomic E-state index is 14.7. The number of carbonyl (C=O) groups excluding carboxylic acids is 1. The molecule has 11 heteroatoms. The lowest BCUT2D eigenvalue weighted by Gasteiger charge is -2.12. The fourth-order valence-electron chi connectivity index (χ4n) is 3.12. The second kappa shape index (κ2) is 7.45. The van der Waals surface area contributed by atoms with Crippen molar-refractivity contribution in [3.8, 4) is 11.6 Å².